The van der Waals surface area contributed by atoms with Gasteiger partial charge in [-0.3, -0.25) is 0 Å². The van der Waals surface area contributed by atoms with Gasteiger partial charge in [-0.1, -0.05) is 188 Å². The zero-order valence-corrected chi connectivity index (χ0v) is 32.9. The molecular weight excluding hydrogens is 741 g/mol. The van der Waals surface area contributed by atoms with E-state index in [0.717, 1.165) is 77.8 Å². The molecule has 0 aliphatic rings. The number of fused-ring (bicyclic) bond motifs is 3. The lowest BCUT2D eigenvalue weighted by atomic mass is 9.92. The second kappa shape index (κ2) is 15.5. The van der Waals surface area contributed by atoms with Gasteiger partial charge in [0.1, 0.15) is 0 Å². The van der Waals surface area contributed by atoms with Crippen molar-refractivity contribution >= 4 is 21.8 Å². The number of hydrogen-bond donors (Lipinski definition) is 0. The second-order valence-electron chi connectivity index (χ2n) is 15.0. The molecule has 0 fully saturated rings. The van der Waals surface area contributed by atoms with E-state index in [0.29, 0.717) is 28.4 Å². The Hall–Kier alpha value is -8.21. The molecule has 0 atom stereocenters. The minimum atomic E-state index is -0.275. The molecule has 0 saturated carbocycles. The fourth-order valence-corrected chi connectivity index (χ4v) is 8.21. The Morgan fingerprint density at radius 3 is 1.36 bits per heavy atom. The van der Waals surface area contributed by atoms with Gasteiger partial charge in [0.05, 0.1) is 16.5 Å². The van der Waals surface area contributed by atoms with Crippen LogP contribution in [0.25, 0.3) is 106 Å². The van der Waals surface area contributed by atoms with Gasteiger partial charge in [-0.2, -0.15) is 0 Å². The van der Waals surface area contributed by atoms with Gasteiger partial charge in [0.15, 0.2) is 17.5 Å². The van der Waals surface area contributed by atoms with Crippen molar-refractivity contribution < 1.29 is 5.48 Å². The summed E-state index contributed by atoms with van der Waals surface area (Å²) in [5.74, 6) is 1.75. The number of rotatable bonds is 8. The molecule has 0 unspecified atom stereocenters. The van der Waals surface area contributed by atoms with Gasteiger partial charge in [0.25, 0.3) is 0 Å². The highest BCUT2D eigenvalue weighted by molar-refractivity contribution is 6.14. The van der Waals surface area contributed by atoms with E-state index >= 15 is 0 Å². The molecule has 11 rings (SSSR count). The topological polar surface area (TPSA) is 43.6 Å². The zero-order valence-electron chi connectivity index (χ0n) is 36.9. The fraction of sp³-hybridized carbons (Fsp3) is 0. The minimum Gasteiger partial charge on any atom is -0.309 e. The number of para-hydroxylation sites is 2. The van der Waals surface area contributed by atoms with Crippen molar-refractivity contribution in [3.63, 3.8) is 0 Å². The molecule has 0 aliphatic heterocycles. The first-order chi connectivity index (χ1) is 31.9. The predicted octanol–water partition coefficient (Wildman–Crippen LogP) is 14.6. The summed E-state index contributed by atoms with van der Waals surface area (Å²) in [6, 6.07) is 68.8. The van der Waals surface area contributed by atoms with Crippen molar-refractivity contribution in [3.05, 3.63) is 230 Å². The number of benzene rings is 9. The van der Waals surface area contributed by atoms with E-state index in [1.165, 1.54) is 0 Å². The van der Waals surface area contributed by atoms with Gasteiger partial charge in [0.2, 0.25) is 0 Å². The van der Waals surface area contributed by atoms with Crippen molar-refractivity contribution in [2.24, 2.45) is 0 Å². The standard InChI is InChI=1S/C57H38N4/c1-5-17-39(18-6-1)46-36-47(40-19-7-2-8-20-40)38-48(37-46)50-28-16-29-52-51-27-13-14-30-53(51)61(54(50)52)49-33-31-41(32-34-49)44-25-15-26-45(35-44)57-59-55(42-21-9-3-10-22-42)58-56(60-57)43-23-11-4-12-24-43/h1-38H/i13D,14D,27D,30D. The molecule has 0 spiro atoms. The van der Waals surface area contributed by atoms with Gasteiger partial charge in [0, 0.05) is 38.7 Å². The van der Waals surface area contributed by atoms with Gasteiger partial charge in [-0.15, -0.1) is 0 Å². The Morgan fingerprint density at radius 1 is 0.328 bits per heavy atom. The number of aromatic nitrogens is 4. The summed E-state index contributed by atoms with van der Waals surface area (Å²) in [6.07, 6.45) is 0. The Kier molecular flexibility index (Phi) is 8.07. The molecule has 2 heterocycles. The van der Waals surface area contributed by atoms with E-state index in [1.54, 1.807) is 0 Å². The second-order valence-corrected chi connectivity index (χ2v) is 15.0. The summed E-state index contributed by atoms with van der Waals surface area (Å²) in [4.78, 5) is 14.8. The summed E-state index contributed by atoms with van der Waals surface area (Å²) in [6.45, 7) is 0. The minimum absolute atomic E-state index is 0.0671. The lowest BCUT2D eigenvalue weighted by molar-refractivity contribution is 1.07. The predicted molar refractivity (Wildman–Crippen MR) is 252 cm³/mol. The quantitative estimate of drug-likeness (QED) is 0.154. The Morgan fingerprint density at radius 2 is 0.770 bits per heavy atom. The van der Waals surface area contributed by atoms with Crippen LogP contribution in [0.3, 0.4) is 0 Å². The first kappa shape index (κ1) is 31.7. The lowest BCUT2D eigenvalue weighted by Gasteiger charge is -2.15. The molecule has 0 bridgehead atoms. The molecule has 11 aromatic rings. The third-order valence-electron chi connectivity index (χ3n) is 11.2. The van der Waals surface area contributed by atoms with Crippen LogP contribution in [0.15, 0.2) is 230 Å². The third-order valence-corrected chi connectivity index (χ3v) is 11.2. The molecule has 0 amide bonds. The van der Waals surface area contributed by atoms with E-state index in [-0.39, 0.29) is 24.2 Å². The van der Waals surface area contributed by atoms with Crippen LogP contribution in [0.4, 0.5) is 0 Å². The maximum atomic E-state index is 9.31. The molecule has 61 heavy (non-hydrogen) atoms. The van der Waals surface area contributed by atoms with Crippen molar-refractivity contribution in [1.29, 1.82) is 0 Å². The highest BCUT2D eigenvalue weighted by Crippen LogP contribution is 2.41. The average Bonchev–Trinajstić information content (AvgIpc) is 3.74. The van der Waals surface area contributed by atoms with Crippen LogP contribution in [0, 0.1) is 0 Å². The van der Waals surface area contributed by atoms with Crippen LogP contribution in [0.2, 0.25) is 0 Å². The monoisotopic (exact) mass is 782 g/mol. The van der Waals surface area contributed by atoms with Crippen molar-refractivity contribution in [2.75, 3.05) is 0 Å². The lowest BCUT2D eigenvalue weighted by Crippen LogP contribution is -2.00. The van der Waals surface area contributed by atoms with E-state index in [1.807, 2.05) is 138 Å². The van der Waals surface area contributed by atoms with Crippen molar-refractivity contribution in [3.8, 4) is 84.4 Å². The van der Waals surface area contributed by atoms with Crippen LogP contribution in [0.1, 0.15) is 5.48 Å². The van der Waals surface area contributed by atoms with E-state index < -0.39 is 0 Å². The van der Waals surface area contributed by atoms with Crippen LogP contribution < -0.4 is 0 Å². The molecule has 9 aromatic carbocycles. The number of nitrogens with zero attached hydrogens (tertiary/aromatic N) is 4. The summed E-state index contributed by atoms with van der Waals surface area (Å²) in [5, 5.41) is 1.23. The fourth-order valence-electron chi connectivity index (χ4n) is 8.21. The van der Waals surface area contributed by atoms with E-state index in [4.69, 9.17) is 17.7 Å². The maximum absolute atomic E-state index is 9.31. The third kappa shape index (κ3) is 6.86. The normalized spacial score (nSPS) is 12.2. The van der Waals surface area contributed by atoms with Crippen LogP contribution in [-0.4, -0.2) is 19.5 Å². The first-order valence-corrected chi connectivity index (χ1v) is 20.3. The molecule has 0 aliphatic carbocycles. The Labute approximate surface area is 360 Å². The van der Waals surface area contributed by atoms with Crippen LogP contribution >= 0.6 is 0 Å². The average molecular weight is 783 g/mol. The van der Waals surface area contributed by atoms with Crippen molar-refractivity contribution in [2.45, 2.75) is 0 Å². The van der Waals surface area contributed by atoms with Crippen molar-refractivity contribution in [1.82, 2.24) is 19.5 Å². The summed E-state index contributed by atoms with van der Waals surface area (Å²) in [7, 11) is 0. The summed E-state index contributed by atoms with van der Waals surface area (Å²) in [5.41, 5.74) is 12.7. The summed E-state index contributed by atoms with van der Waals surface area (Å²) >= 11 is 0. The highest BCUT2D eigenvalue weighted by atomic mass is 15.0. The molecule has 4 heteroatoms. The number of hydrogen-bond acceptors (Lipinski definition) is 3. The molecule has 0 radical (unpaired) electrons. The van der Waals surface area contributed by atoms with Crippen LogP contribution in [0.5, 0.6) is 0 Å². The zero-order chi connectivity index (χ0) is 44.0. The molecule has 286 valence electrons. The van der Waals surface area contributed by atoms with Gasteiger partial charge >= 0.3 is 0 Å². The highest BCUT2D eigenvalue weighted by Gasteiger charge is 2.18. The molecule has 4 nitrogen and oxygen atoms in total. The Bertz CT molecular complexity index is 3440. The van der Waals surface area contributed by atoms with E-state index in [9.17, 15) is 2.74 Å². The largest absolute Gasteiger partial charge is 0.309 e. The molecule has 2 aromatic heterocycles. The molecule has 0 saturated heterocycles. The molecule has 0 N–H and O–H groups in total. The van der Waals surface area contributed by atoms with Gasteiger partial charge < -0.3 is 4.57 Å². The SMILES string of the molecule is [2H]c1c([2H])c([2H])c2c(c1[2H])c1cccc(-c3cc(-c4ccccc4)cc(-c4ccccc4)c3)c1n2-c1ccc(-c2cccc(-c3nc(-c4ccccc4)nc(-c4ccccc4)n3)c2)cc1. The molecular formula is C57H38N4. The smallest absolute Gasteiger partial charge is 0.164 e. The van der Waals surface area contributed by atoms with Gasteiger partial charge in [-0.05, 0) is 81.4 Å². The maximum Gasteiger partial charge on any atom is 0.164 e. The Balaban J connectivity index is 1.07. The first-order valence-electron chi connectivity index (χ1n) is 22.3. The van der Waals surface area contributed by atoms with Crippen LogP contribution in [-0.2, 0) is 0 Å². The van der Waals surface area contributed by atoms with E-state index in [2.05, 4.69) is 72.8 Å². The summed E-state index contributed by atoms with van der Waals surface area (Å²) < 4.78 is 38.0. The van der Waals surface area contributed by atoms with Gasteiger partial charge in [-0.25, -0.2) is 15.0 Å².